The van der Waals surface area contributed by atoms with E-state index >= 15 is 0 Å². The Morgan fingerprint density at radius 3 is 2.43 bits per heavy atom. The van der Waals surface area contributed by atoms with Crippen molar-refractivity contribution in [1.82, 2.24) is 4.98 Å². The van der Waals surface area contributed by atoms with Crippen molar-refractivity contribution in [3.8, 4) is 11.5 Å². The Labute approximate surface area is 175 Å². The minimum absolute atomic E-state index is 0.0796. The van der Waals surface area contributed by atoms with Crippen LogP contribution < -0.4 is 14.8 Å². The van der Waals surface area contributed by atoms with Gasteiger partial charge in [0.15, 0.2) is 17.5 Å². The van der Waals surface area contributed by atoms with E-state index < -0.39 is 0 Å². The van der Waals surface area contributed by atoms with E-state index in [4.69, 9.17) is 9.47 Å². The van der Waals surface area contributed by atoms with E-state index in [2.05, 4.69) is 4.98 Å². The first kappa shape index (κ1) is 19.7. The molecule has 0 unspecified atom stereocenters. The molecule has 1 atom stereocenters. The van der Waals surface area contributed by atoms with Gasteiger partial charge in [0.1, 0.15) is 13.2 Å². The zero-order valence-corrected chi connectivity index (χ0v) is 16.9. The number of ether oxygens (including phenoxy) is 2. The molecular weight excluding hydrogens is 376 g/mol. The van der Waals surface area contributed by atoms with Crippen LogP contribution in [0.25, 0.3) is 10.9 Å². The standard InChI is InChI=1S/C25H24N2O3/c1-29-22-13-7-8-14-23(22)30-16-15-26-24(18-9-3-2-4-10-18)25(28)20-17-27-21-12-6-5-11-19(20)21/h2-14,17,24,26-27H,15-16H2,1H3/p+1/t24-/m0/s1. The molecule has 3 N–H and O–H groups in total. The quantitative estimate of drug-likeness (QED) is 0.332. The van der Waals surface area contributed by atoms with E-state index in [9.17, 15) is 4.79 Å². The number of Topliss-reactive ketones (excluding diaryl/α,β-unsaturated/α-hetero) is 1. The van der Waals surface area contributed by atoms with Crippen LogP contribution >= 0.6 is 0 Å². The number of carbonyl (C=O) groups excluding carboxylic acids is 1. The molecule has 0 saturated heterocycles. The van der Waals surface area contributed by atoms with Gasteiger partial charge in [-0.3, -0.25) is 4.79 Å². The number of quaternary nitrogens is 1. The highest BCUT2D eigenvalue weighted by Crippen LogP contribution is 2.25. The van der Waals surface area contributed by atoms with Crippen LogP contribution in [0.15, 0.2) is 85.1 Å². The summed E-state index contributed by atoms with van der Waals surface area (Å²) in [6.45, 7) is 1.09. The molecule has 0 fully saturated rings. The van der Waals surface area contributed by atoms with E-state index in [-0.39, 0.29) is 11.8 Å². The highest BCUT2D eigenvalue weighted by molar-refractivity contribution is 6.09. The van der Waals surface area contributed by atoms with Gasteiger partial charge in [-0.15, -0.1) is 0 Å². The SMILES string of the molecule is COc1ccccc1OCC[NH2+][C@H](C(=O)c1c[nH]c2ccccc12)c1ccccc1. The Morgan fingerprint density at radius 2 is 1.63 bits per heavy atom. The van der Waals surface area contributed by atoms with Gasteiger partial charge in [-0.05, 0) is 18.2 Å². The number of ketones is 1. The molecule has 0 aliphatic heterocycles. The van der Waals surface area contributed by atoms with Crippen LogP contribution in [0.2, 0.25) is 0 Å². The van der Waals surface area contributed by atoms with Gasteiger partial charge in [0.2, 0.25) is 5.78 Å². The fourth-order valence-electron chi connectivity index (χ4n) is 3.64. The fraction of sp³-hybridized carbons (Fsp3) is 0.160. The summed E-state index contributed by atoms with van der Waals surface area (Å²) in [5, 5.41) is 2.98. The minimum atomic E-state index is -0.341. The summed E-state index contributed by atoms with van der Waals surface area (Å²) in [5.41, 5.74) is 2.65. The number of rotatable bonds is 9. The lowest BCUT2D eigenvalue weighted by molar-refractivity contribution is -0.682. The predicted octanol–water partition coefficient (Wildman–Crippen LogP) is 3.74. The van der Waals surface area contributed by atoms with Gasteiger partial charge in [-0.1, -0.05) is 60.7 Å². The summed E-state index contributed by atoms with van der Waals surface area (Å²) in [7, 11) is 1.62. The maximum absolute atomic E-state index is 13.5. The molecule has 5 heteroatoms. The molecule has 0 bridgehead atoms. The Morgan fingerprint density at radius 1 is 0.933 bits per heavy atom. The van der Waals surface area contributed by atoms with Crippen LogP contribution in [-0.2, 0) is 0 Å². The van der Waals surface area contributed by atoms with Crippen molar-refractivity contribution in [3.63, 3.8) is 0 Å². The van der Waals surface area contributed by atoms with Gasteiger partial charge < -0.3 is 19.8 Å². The maximum Gasteiger partial charge on any atom is 0.226 e. The van der Waals surface area contributed by atoms with Gasteiger partial charge in [-0.25, -0.2) is 0 Å². The number of hydrogen-bond donors (Lipinski definition) is 2. The first-order valence-corrected chi connectivity index (χ1v) is 10.0. The molecule has 0 amide bonds. The number of methoxy groups -OCH3 is 1. The van der Waals surface area contributed by atoms with E-state index in [0.29, 0.717) is 30.2 Å². The van der Waals surface area contributed by atoms with Crippen molar-refractivity contribution in [2.75, 3.05) is 20.3 Å². The fourth-order valence-corrected chi connectivity index (χ4v) is 3.64. The highest BCUT2D eigenvalue weighted by atomic mass is 16.5. The van der Waals surface area contributed by atoms with Gasteiger partial charge in [-0.2, -0.15) is 0 Å². The summed E-state index contributed by atoms with van der Waals surface area (Å²) in [6.07, 6.45) is 1.81. The lowest BCUT2D eigenvalue weighted by Crippen LogP contribution is -2.87. The average Bonchev–Trinajstić information content (AvgIpc) is 3.24. The number of fused-ring (bicyclic) bond motifs is 1. The van der Waals surface area contributed by atoms with Crippen LogP contribution in [0.1, 0.15) is 22.0 Å². The van der Waals surface area contributed by atoms with Crippen LogP contribution in [-0.4, -0.2) is 31.0 Å². The van der Waals surface area contributed by atoms with Crippen molar-refractivity contribution < 1.29 is 19.6 Å². The molecule has 1 heterocycles. The number of carbonyl (C=O) groups is 1. The number of aromatic nitrogens is 1. The van der Waals surface area contributed by atoms with Crippen LogP contribution in [0.4, 0.5) is 0 Å². The molecule has 0 aliphatic carbocycles. The van der Waals surface area contributed by atoms with Gasteiger partial charge in [0.25, 0.3) is 0 Å². The summed E-state index contributed by atoms with van der Waals surface area (Å²) < 4.78 is 11.2. The first-order chi connectivity index (χ1) is 14.8. The summed E-state index contributed by atoms with van der Waals surface area (Å²) in [6, 6.07) is 25.0. The van der Waals surface area contributed by atoms with Gasteiger partial charge in [0, 0.05) is 28.2 Å². The molecule has 0 radical (unpaired) electrons. The lowest BCUT2D eigenvalue weighted by Gasteiger charge is -2.16. The van der Waals surface area contributed by atoms with E-state index in [1.807, 2.05) is 90.4 Å². The summed E-state index contributed by atoms with van der Waals surface area (Å²) >= 11 is 0. The molecule has 1 aromatic heterocycles. The predicted molar refractivity (Wildman–Crippen MR) is 117 cm³/mol. The molecule has 0 aliphatic rings. The molecule has 152 valence electrons. The third-order valence-electron chi connectivity index (χ3n) is 5.14. The highest BCUT2D eigenvalue weighted by Gasteiger charge is 2.27. The number of hydrogen-bond acceptors (Lipinski definition) is 3. The van der Waals surface area contributed by atoms with Crippen LogP contribution in [0.5, 0.6) is 11.5 Å². The minimum Gasteiger partial charge on any atom is -0.493 e. The number of aromatic amines is 1. The second-order valence-electron chi connectivity index (χ2n) is 7.02. The largest absolute Gasteiger partial charge is 0.493 e. The molecule has 0 saturated carbocycles. The second-order valence-corrected chi connectivity index (χ2v) is 7.02. The second kappa shape index (κ2) is 9.29. The monoisotopic (exact) mass is 401 g/mol. The molecule has 5 nitrogen and oxygen atoms in total. The third kappa shape index (κ3) is 4.21. The number of para-hydroxylation sites is 3. The van der Waals surface area contributed by atoms with Crippen molar-refractivity contribution in [1.29, 1.82) is 0 Å². The van der Waals surface area contributed by atoms with Gasteiger partial charge in [0.05, 0.1) is 7.11 Å². The maximum atomic E-state index is 13.5. The molecule has 0 spiro atoms. The zero-order chi connectivity index (χ0) is 20.8. The molecule has 4 aromatic rings. The number of nitrogens with one attached hydrogen (secondary N) is 1. The summed E-state index contributed by atoms with van der Waals surface area (Å²) in [4.78, 5) is 16.7. The Balaban J connectivity index is 1.50. The van der Waals surface area contributed by atoms with Crippen molar-refractivity contribution in [2.45, 2.75) is 6.04 Å². The number of H-pyrrole nitrogens is 1. The first-order valence-electron chi connectivity index (χ1n) is 10.0. The molecule has 3 aromatic carbocycles. The van der Waals surface area contributed by atoms with E-state index in [0.717, 1.165) is 16.5 Å². The van der Waals surface area contributed by atoms with E-state index in [1.54, 1.807) is 7.11 Å². The number of nitrogens with two attached hydrogens (primary N) is 1. The van der Waals surface area contributed by atoms with Crippen molar-refractivity contribution in [2.24, 2.45) is 0 Å². The smallest absolute Gasteiger partial charge is 0.226 e. The third-order valence-corrected chi connectivity index (χ3v) is 5.14. The van der Waals surface area contributed by atoms with Crippen LogP contribution in [0.3, 0.4) is 0 Å². The Kier molecular flexibility index (Phi) is 6.11. The van der Waals surface area contributed by atoms with E-state index in [1.165, 1.54) is 0 Å². The topological polar surface area (TPSA) is 67.9 Å². The molecule has 4 rings (SSSR count). The summed E-state index contributed by atoms with van der Waals surface area (Å²) in [5.74, 6) is 1.48. The van der Waals surface area contributed by atoms with Crippen molar-refractivity contribution in [3.05, 3.63) is 96.2 Å². The normalized spacial score (nSPS) is 11.9. The van der Waals surface area contributed by atoms with Crippen molar-refractivity contribution >= 4 is 16.7 Å². The van der Waals surface area contributed by atoms with Gasteiger partial charge >= 0.3 is 0 Å². The molecular formula is C25H25N2O3+. The average molecular weight is 401 g/mol. The number of benzene rings is 3. The molecule has 30 heavy (non-hydrogen) atoms. The Hall–Kier alpha value is -3.57. The zero-order valence-electron chi connectivity index (χ0n) is 16.9. The van der Waals surface area contributed by atoms with Crippen LogP contribution in [0, 0.1) is 0 Å². The lowest BCUT2D eigenvalue weighted by atomic mass is 9.97. The Bertz CT molecular complexity index is 1120.